The van der Waals surface area contributed by atoms with Gasteiger partial charge in [-0.15, -0.1) is 0 Å². The van der Waals surface area contributed by atoms with Gasteiger partial charge in [0.2, 0.25) is 11.8 Å². The van der Waals surface area contributed by atoms with Gasteiger partial charge >= 0.3 is 12.2 Å². The van der Waals surface area contributed by atoms with Gasteiger partial charge in [-0.2, -0.15) is 0 Å². The fourth-order valence-corrected chi connectivity index (χ4v) is 9.38. The van der Waals surface area contributed by atoms with Gasteiger partial charge in [-0.3, -0.25) is 19.6 Å². The van der Waals surface area contributed by atoms with Gasteiger partial charge in [-0.1, -0.05) is 74.2 Å². The summed E-state index contributed by atoms with van der Waals surface area (Å²) in [6.45, 7) is 7.53. The number of aliphatic imine (C=N–C) groups is 2. The van der Waals surface area contributed by atoms with Crippen molar-refractivity contribution in [3.8, 4) is 11.1 Å². The van der Waals surface area contributed by atoms with E-state index in [1.807, 2.05) is 40.1 Å². The van der Waals surface area contributed by atoms with Crippen molar-refractivity contribution in [2.24, 2.45) is 33.7 Å². The molecule has 2 aliphatic carbocycles. The predicted molar refractivity (Wildman–Crippen MR) is 235 cm³/mol. The van der Waals surface area contributed by atoms with Gasteiger partial charge in [-0.25, -0.2) is 30.5 Å². The number of benzene rings is 3. The van der Waals surface area contributed by atoms with Crippen molar-refractivity contribution in [2.75, 3.05) is 14.2 Å². The number of amides is 4. The molecule has 0 spiro atoms. The molecular formula is C48H58N6O6. The number of nitrogens with zero attached hydrogens (tertiary/aromatic N) is 4. The molecule has 2 saturated carbocycles. The number of carbonyl (C=O) groups is 4. The highest BCUT2D eigenvalue weighted by atomic mass is 16.5. The molecule has 0 bridgehead atoms. The highest BCUT2D eigenvalue weighted by Crippen LogP contribution is 2.40. The van der Waals surface area contributed by atoms with Crippen LogP contribution in [-0.2, 0) is 19.1 Å². The van der Waals surface area contributed by atoms with Crippen molar-refractivity contribution in [2.45, 2.75) is 104 Å². The Morgan fingerprint density at radius 2 is 0.967 bits per heavy atom. The van der Waals surface area contributed by atoms with Crippen LogP contribution in [0.4, 0.5) is 9.59 Å². The van der Waals surface area contributed by atoms with Crippen LogP contribution in [0.3, 0.4) is 0 Å². The molecule has 4 atom stereocenters. The zero-order valence-electron chi connectivity index (χ0n) is 35.7. The number of hydrogen-bond acceptors (Lipinski definition) is 8. The third-order valence-electron chi connectivity index (χ3n) is 12.6. The highest BCUT2D eigenvalue weighted by Gasteiger charge is 2.40. The van der Waals surface area contributed by atoms with E-state index in [1.54, 1.807) is 0 Å². The van der Waals surface area contributed by atoms with Crippen molar-refractivity contribution < 1.29 is 28.7 Å². The van der Waals surface area contributed by atoms with Gasteiger partial charge in [0.05, 0.1) is 14.2 Å². The second-order valence-electron chi connectivity index (χ2n) is 17.1. The summed E-state index contributed by atoms with van der Waals surface area (Å²) in [4.78, 5) is 61.3. The lowest BCUT2D eigenvalue weighted by Crippen LogP contribution is -2.54. The minimum Gasteiger partial charge on any atom is -0.452 e. The molecular weight excluding hydrogens is 757 g/mol. The van der Waals surface area contributed by atoms with Crippen LogP contribution >= 0.6 is 0 Å². The summed E-state index contributed by atoms with van der Waals surface area (Å²) in [7, 11) is 2.59. The normalized spacial score (nSPS) is 21.5. The molecule has 0 aromatic heterocycles. The smallest absolute Gasteiger partial charge is 0.425 e. The number of rotatable bonds is 9. The van der Waals surface area contributed by atoms with Crippen LogP contribution in [0.5, 0.6) is 0 Å². The Morgan fingerprint density at radius 1 is 0.567 bits per heavy atom. The molecule has 60 heavy (non-hydrogen) atoms. The lowest BCUT2D eigenvalue weighted by Gasteiger charge is -2.36. The Hall–Kier alpha value is -5.78. The number of carbonyl (C=O) groups excluding carboxylic acids is 4. The second kappa shape index (κ2) is 18.6. The van der Waals surface area contributed by atoms with E-state index in [0.717, 1.165) is 107 Å². The van der Waals surface area contributed by atoms with Gasteiger partial charge in [0.15, 0.2) is 0 Å². The second-order valence-corrected chi connectivity index (χ2v) is 17.1. The van der Waals surface area contributed by atoms with Gasteiger partial charge < -0.3 is 9.47 Å². The lowest BCUT2D eigenvalue weighted by molar-refractivity contribution is -0.143. The summed E-state index contributed by atoms with van der Waals surface area (Å²) in [5.74, 6) is -0.623. The first-order valence-corrected chi connectivity index (χ1v) is 21.5. The van der Waals surface area contributed by atoms with Crippen molar-refractivity contribution >= 4 is 57.3 Å². The van der Waals surface area contributed by atoms with E-state index < -0.39 is 12.2 Å². The molecule has 12 heteroatoms. The van der Waals surface area contributed by atoms with Crippen molar-refractivity contribution in [3.05, 3.63) is 84.2 Å². The molecule has 316 valence electrons. The van der Waals surface area contributed by atoms with Crippen LogP contribution in [0, 0.1) is 23.7 Å². The molecule has 0 saturated heterocycles. The number of nitrogens with one attached hydrogen (secondary N) is 2. The van der Waals surface area contributed by atoms with Gasteiger partial charge in [0.25, 0.3) is 0 Å². The molecule has 3 aromatic carbocycles. The number of hydrogen-bond donors (Lipinski definition) is 2. The van der Waals surface area contributed by atoms with E-state index in [9.17, 15) is 19.2 Å². The summed E-state index contributed by atoms with van der Waals surface area (Å²) in [6.07, 6.45) is 11.4. The topological polar surface area (TPSA) is 142 Å². The summed E-state index contributed by atoms with van der Waals surface area (Å²) < 4.78 is 9.57. The van der Waals surface area contributed by atoms with Crippen LogP contribution < -0.4 is 10.9 Å². The van der Waals surface area contributed by atoms with E-state index >= 15 is 0 Å². The summed E-state index contributed by atoms with van der Waals surface area (Å²) in [5.41, 5.74) is 14.1. The third kappa shape index (κ3) is 9.17. The highest BCUT2D eigenvalue weighted by molar-refractivity contribution is 6.04. The Labute approximate surface area is 353 Å². The van der Waals surface area contributed by atoms with E-state index in [4.69, 9.17) is 19.5 Å². The van der Waals surface area contributed by atoms with Gasteiger partial charge in [-0.05, 0) is 110 Å². The largest absolute Gasteiger partial charge is 0.452 e. The molecule has 2 N–H and O–H groups in total. The van der Waals surface area contributed by atoms with Crippen LogP contribution in [0.1, 0.15) is 103 Å². The van der Waals surface area contributed by atoms with E-state index in [-0.39, 0.29) is 47.6 Å². The number of ether oxygens (including phenoxy) is 2. The number of methoxy groups -OCH3 is 2. The first-order chi connectivity index (χ1) is 28.9. The Kier molecular flexibility index (Phi) is 13.2. The SMILES string of the molecule is COC(=O)NN(C(=O)[C@H]1CCCCC1C1=NC=C(c2ccc(-c3ccc4cc(C5=CN=C(C6CCCC[C@H]6C(=O)N(NC(=O)OC)C(C)C)C5)ccc4c3)cc2)C1)C(C)C. The molecule has 4 amide bonds. The fourth-order valence-electron chi connectivity index (χ4n) is 9.38. The van der Waals surface area contributed by atoms with E-state index in [0.29, 0.717) is 12.8 Å². The third-order valence-corrected chi connectivity index (χ3v) is 12.6. The molecule has 2 fully saturated rings. The van der Waals surface area contributed by atoms with Crippen molar-refractivity contribution in [1.29, 1.82) is 0 Å². The Balaban J connectivity index is 0.981. The lowest BCUT2D eigenvalue weighted by atomic mass is 9.74. The minimum absolute atomic E-state index is 0.0220. The fraction of sp³-hybridized carbons (Fsp3) is 0.458. The van der Waals surface area contributed by atoms with Crippen LogP contribution in [0.25, 0.3) is 33.0 Å². The first kappa shape index (κ1) is 42.3. The number of fused-ring (bicyclic) bond motifs is 1. The number of hydrazine groups is 2. The maximum absolute atomic E-state index is 13.8. The number of allylic oxidation sites excluding steroid dienone is 2. The molecule has 12 nitrogen and oxygen atoms in total. The van der Waals surface area contributed by atoms with E-state index in [2.05, 4.69) is 71.5 Å². The predicted octanol–water partition coefficient (Wildman–Crippen LogP) is 9.51. The van der Waals surface area contributed by atoms with Crippen molar-refractivity contribution in [3.63, 3.8) is 0 Å². The molecule has 4 aliphatic rings. The molecule has 2 unspecified atom stereocenters. The maximum atomic E-state index is 13.8. The quantitative estimate of drug-likeness (QED) is 0.206. The maximum Gasteiger partial charge on any atom is 0.425 e. The zero-order chi connectivity index (χ0) is 42.5. The standard InChI is InChI=1S/C48H58N6O6/c1-29(2)53(51-47(57)59-5)45(55)41-13-9-7-11-39(41)43-25-37(27-49-43)32-17-15-31(16-18-32)33-19-20-35-24-36(22-21-34(35)23-33)38-26-44(50-28-38)40-12-8-10-14-42(40)46(56)54(30(3)4)52-48(58)60-6/h15-24,27-30,39-42H,7-14,25-26H2,1-6H3,(H,51,57)(H,52,58)/t39?,40?,41-,42+/m0/s1. The van der Waals surface area contributed by atoms with Crippen LogP contribution in [-0.4, -0.2) is 71.7 Å². The minimum atomic E-state index is -0.650. The first-order valence-electron chi connectivity index (χ1n) is 21.5. The molecule has 2 heterocycles. The van der Waals surface area contributed by atoms with Crippen molar-refractivity contribution in [1.82, 2.24) is 20.9 Å². The summed E-state index contributed by atoms with van der Waals surface area (Å²) in [5, 5.41) is 5.12. The van der Waals surface area contributed by atoms with Crippen LogP contribution in [0.15, 0.2) is 83.0 Å². The Bertz CT molecular complexity index is 2240. The Morgan fingerprint density at radius 3 is 1.43 bits per heavy atom. The van der Waals surface area contributed by atoms with E-state index in [1.165, 1.54) is 24.2 Å². The molecule has 0 radical (unpaired) electrons. The molecule has 2 aliphatic heterocycles. The van der Waals surface area contributed by atoms with Gasteiger partial charge in [0.1, 0.15) is 0 Å². The average molecular weight is 815 g/mol. The summed E-state index contributed by atoms with van der Waals surface area (Å²) >= 11 is 0. The summed E-state index contributed by atoms with van der Waals surface area (Å²) in [6, 6.07) is 21.3. The van der Waals surface area contributed by atoms with Gasteiger partial charge in [0, 0.05) is 72.4 Å². The average Bonchev–Trinajstić information content (AvgIpc) is 3.98. The molecule has 7 rings (SSSR count). The monoisotopic (exact) mass is 814 g/mol. The molecule has 3 aromatic rings. The van der Waals surface area contributed by atoms with Crippen LogP contribution in [0.2, 0.25) is 0 Å². The zero-order valence-corrected chi connectivity index (χ0v) is 35.7.